The zero-order valence-corrected chi connectivity index (χ0v) is 13.7. The SMILES string of the molecule is CS(=O)(=O)Nc1cccc(CC(=O)N2CCCC(C(=O)O)C2)c1. The number of nitrogens with zero attached hydrogens (tertiary/aromatic N) is 1. The van der Waals surface area contributed by atoms with Crippen LogP contribution in [0.25, 0.3) is 0 Å². The molecule has 0 radical (unpaired) electrons. The van der Waals surface area contributed by atoms with Crippen LogP contribution in [0.2, 0.25) is 0 Å². The van der Waals surface area contributed by atoms with Crippen molar-refractivity contribution in [1.82, 2.24) is 4.90 Å². The largest absolute Gasteiger partial charge is 0.481 e. The van der Waals surface area contributed by atoms with Crippen LogP contribution in [0, 0.1) is 5.92 Å². The molecule has 0 saturated carbocycles. The van der Waals surface area contributed by atoms with E-state index in [0.717, 1.165) is 6.26 Å². The van der Waals surface area contributed by atoms with Gasteiger partial charge in [0, 0.05) is 18.8 Å². The summed E-state index contributed by atoms with van der Waals surface area (Å²) in [4.78, 5) is 25.0. The number of anilines is 1. The Morgan fingerprint density at radius 1 is 1.39 bits per heavy atom. The number of likely N-dealkylation sites (tertiary alicyclic amines) is 1. The smallest absolute Gasteiger partial charge is 0.308 e. The van der Waals surface area contributed by atoms with Crippen molar-refractivity contribution in [3.05, 3.63) is 29.8 Å². The number of benzene rings is 1. The number of carboxylic acid groups (broad SMARTS) is 1. The van der Waals surface area contributed by atoms with Crippen LogP contribution in [0.5, 0.6) is 0 Å². The Kier molecular flexibility index (Phi) is 5.25. The number of sulfonamides is 1. The van der Waals surface area contributed by atoms with Crippen molar-refractivity contribution >= 4 is 27.6 Å². The van der Waals surface area contributed by atoms with Crippen LogP contribution in [-0.2, 0) is 26.0 Å². The Balaban J connectivity index is 2.02. The van der Waals surface area contributed by atoms with Gasteiger partial charge in [0.25, 0.3) is 0 Å². The molecule has 0 aromatic heterocycles. The zero-order chi connectivity index (χ0) is 17.0. The van der Waals surface area contributed by atoms with Gasteiger partial charge in [0.15, 0.2) is 0 Å². The summed E-state index contributed by atoms with van der Waals surface area (Å²) in [5.41, 5.74) is 1.08. The Morgan fingerprint density at radius 2 is 2.13 bits per heavy atom. The molecule has 1 aliphatic rings. The first-order valence-electron chi connectivity index (χ1n) is 7.32. The molecule has 1 atom stereocenters. The van der Waals surface area contributed by atoms with Crippen molar-refractivity contribution in [2.24, 2.45) is 5.92 Å². The minimum Gasteiger partial charge on any atom is -0.481 e. The van der Waals surface area contributed by atoms with Gasteiger partial charge in [0.2, 0.25) is 15.9 Å². The van der Waals surface area contributed by atoms with Gasteiger partial charge in [-0.3, -0.25) is 14.3 Å². The highest BCUT2D eigenvalue weighted by atomic mass is 32.2. The molecule has 23 heavy (non-hydrogen) atoms. The fourth-order valence-electron chi connectivity index (χ4n) is 2.65. The molecular formula is C15H20N2O5S. The van der Waals surface area contributed by atoms with Crippen LogP contribution in [0.4, 0.5) is 5.69 Å². The summed E-state index contributed by atoms with van der Waals surface area (Å²) in [5.74, 6) is -1.53. The second-order valence-electron chi connectivity index (χ2n) is 5.77. The summed E-state index contributed by atoms with van der Waals surface area (Å²) in [6.07, 6.45) is 2.45. The molecule has 1 aromatic carbocycles. The monoisotopic (exact) mass is 340 g/mol. The Labute approximate surface area is 135 Å². The van der Waals surface area contributed by atoms with Gasteiger partial charge < -0.3 is 10.0 Å². The number of aliphatic carboxylic acids is 1. The highest BCUT2D eigenvalue weighted by Gasteiger charge is 2.27. The van der Waals surface area contributed by atoms with E-state index in [1.165, 1.54) is 0 Å². The standard InChI is InChI=1S/C15H20N2O5S/c1-23(21,22)16-13-6-2-4-11(8-13)9-14(18)17-7-3-5-12(10-17)15(19)20/h2,4,6,8,12,16H,3,5,7,9-10H2,1H3,(H,19,20). The van der Waals surface area contributed by atoms with E-state index in [2.05, 4.69) is 4.72 Å². The highest BCUT2D eigenvalue weighted by molar-refractivity contribution is 7.92. The fraction of sp³-hybridized carbons (Fsp3) is 0.467. The third-order valence-electron chi connectivity index (χ3n) is 3.71. The average molecular weight is 340 g/mol. The molecule has 126 valence electrons. The molecule has 2 N–H and O–H groups in total. The number of nitrogens with one attached hydrogen (secondary N) is 1. The summed E-state index contributed by atoms with van der Waals surface area (Å²) in [5, 5.41) is 9.07. The number of rotatable bonds is 5. The van der Waals surface area contributed by atoms with Crippen molar-refractivity contribution in [3.8, 4) is 0 Å². The van der Waals surface area contributed by atoms with E-state index in [4.69, 9.17) is 5.11 Å². The molecule has 1 unspecified atom stereocenters. The number of carboxylic acids is 1. The second-order valence-corrected chi connectivity index (χ2v) is 7.52. The maximum Gasteiger partial charge on any atom is 0.308 e. The third-order valence-corrected chi connectivity index (χ3v) is 4.32. The summed E-state index contributed by atoms with van der Waals surface area (Å²) < 4.78 is 24.8. The summed E-state index contributed by atoms with van der Waals surface area (Å²) in [6.45, 7) is 0.791. The van der Waals surface area contributed by atoms with Crippen LogP contribution >= 0.6 is 0 Å². The minimum atomic E-state index is -3.37. The van der Waals surface area contributed by atoms with E-state index in [-0.39, 0.29) is 18.9 Å². The first kappa shape index (κ1) is 17.3. The van der Waals surface area contributed by atoms with E-state index in [1.807, 2.05) is 0 Å². The van der Waals surface area contributed by atoms with E-state index >= 15 is 0 Å². The predicted octanol–water partition coefficient (Wildman–Crippen LogP) is 0.924. The lowest BCUT2D eigenvalue weighted by Crippen LogP contribution is -2.43. The highest BCUT2D eigenvalue weighted by Crippen LogP contribution is 2.19. The van der Waals surface area contributed by atoms with Gasteiger partial charge >= 0.3 is 5.97 Å². The Bertz CT molecular complexity index is 702. The van der Waals surface area contributed by atoms with Crippen molar-refractivity contribution in [1.29, 1.82) is 0 Å². The molecule has 1 heterocycles. The molecule has 2 rings (SSSR count). The Hall–Kier alpha value is -2.09. The lowest BCUT2D eigenvalue weighted by molar-refractivity contribution is -0.145. The normalized spacial score (nSPS) is 18.5. The molecule has 1 aliphatic heterocycles. The van der Waals surface area contributed by atoms with Gasteiger partial charge in [-0.1, -0.05) is 12.1 Å². The molecule has 1 saturated heterocycles. The molecule has 0 spiro atoms. The van der Waals surface area contributed by atoms with Gasteiger partial charge in [-0.25, -0.2) is 8.42 Å². The van der Waals surface area contributed by atoms with Crippen LogP contribution in [0.3, 0.4) is 0 Å². The Morgan fingerprint density at radius 3 is 2.78 bits per heavy atom. The summed E-state index contributed by atoms with van der Waals surface area (Å²) >= 11 is 0. The lowest BCUT2D eigenvalue weighted by atomic mass is 9.97. The van der Waals surface area contributed by atoms with Crippen molar-refractivity contribution in [2.75, 3.05) is 24.1 Å². The molecule has 1 fully saturated rings. The molecule has 1 aromatic rings. The molecule has 0 bridgehead atoms. The van der Waals surface area contributed by atoms with Gasteiger partial charge in [-0.15, -0.1) is 0 Å². The van der Waals surface area contributed by atoms with Crippen molar-refractivity contribution in [2.45, 2.75) is 19.3 Å². The van der Waals surface area contributed by atoms with Gasteiger partial charge in [-0.2, -0.15) is 0 Å². The number of amides is 1. The average Bonchev–Trinajstić information content (AvgIpc) is 2.46. The third kappa shape index (κ3) is 5.24. The maximum absolute atomic E-state index is 12.3. The van der Waals surface area contributed by atoms with Crippen molar-refractivity contribution in [3.63, 3.8) is 0 Å². The van der Waals surface area contributed by atoms with E-state index in [0.29, 0.717) is 30.6 Å². The number of piperidine rings is 1. The second kappa shape index (κ2) is 6.99. The van der Waals surface area contributed by atoms with Crippen LogP contribution in [-0.4, -0.2) is 49.6 Å². The van der Waals surface area contributed by atoms with Gasteiger partial charge in [-0.05, 0) is 30.5 Å². The summed E-state index contributed by atoms with van der Waals surface area (Å²) in [7, 11) is -3.37. The molecule has 8 heteroatoms. The molecule has 1 amide bonds. The number of carbonyl (C=O) groups is 2. The van der Waals surface area contributed by atoms with Gasteiger partial charge in [0.1, 0.15) is 0 Å². The van der Waals surface area contributed by atoms with Gasteiger partial charge in [0.05, 0.1) is 18.6 Å². The minimum absolute atomic E-state index is 0.117. The molecule has 0 aliphatic carbocycles. The fourth-order valence-corrected chi connectivity index (χ4v) is 3.21. The number of hydrogen-bond acceptors (Lipinski definition) is 4. The van der Waals surface area contributed by atoms with E-state index in [9.17, 15) is 18.0 Å². The van der Waals surface area contributed by atoms with E-state index < -0.39 is 21.9 Å². The van der Waals surface area contributed by atoms with Crippen molar-refractivity contribution < 1.29 is 23.1 Å². The van der Waals surface area contributed by atoms with Crippen LogP contribution in [0.15, 0.2) is 24.3 Å². The van der Waals surface area contributed by atoms with Crippen LogP contribution in [0.1, 0.15) is 18.4 Å². The summed E-state index contributed by atoms with van der Waals surface area (Å²) in [6, 6.07) is 6.63. The molecular weight excluding hydrogens is 320 g/mol. The number of hydrogen-bond donors (Lipinski definition) is 2. The molecule has 7 nitrogen and oxygen atoms in total. The number of carbonyl (C=O) groups excluding carboxylic acids is 1. The zero-order valence-electron chi connectivity index (χ0n) is 12.9. The van der Waals surface area contributed by atoms with E-state index in [1.54, 1.807) is 29.2 Å². The topological polar surface area (TPSA) is 104 Å². The maximum atomic E-state index is 12.3. The quantitative estimate of drug-likeness (QED) is 0.830. The first-order valence-corrected chi connectivity index (χ1v) is 9.21. The first-order chi connectivity index (χ1) is 10.7. The lowest BCUT2D eigenvalue weighted by Gasteiger charge is -2.30. The van der Waals surface area contributed by atoms with Crippen LogP contribution < -0.4 is 4.72 Å². The predicted molar refractivity (Wildman–Crippen MR) is 85.6 cm³/mol.